The van der Waals surface area contributed by atoms with Gasteiger partial charge in [0, 0.05) is 32.4 Å². The molecule has 4 heterocycles. The number of carbonyl (C=O) groups is 1. The normalized spacial score (nSPS) is 18.5. The van der Waals surface area contributed by atoms with Crippen LogP contribution in [-0.2, 0) is 11.3 Å². The fraction of sp³-hybridized carbons (Fsp3) is 0.280. The molecule has 1 aromatic carbocycles. The molecule has 2 aromatic heterocycles. The third-order valence-electron chi connectivity index (χ3n) is 6.20. The summed E-state index contributed by atoms with van der Waals surface area (Å²) in [5.41, 5.74) is 2.80. The lowest BCUT2D eigenvalue weighted by Gasteiger charge is -2.34. The summed E-state index contributed by atoms with van der Waals surface area (Å²) >= 11 is 6.76. The molecule has 0 atom stereocenters. The second-order valence-electron chi connectivity index (χ2n) is 8.58. The molecule has 174 valence electrons. The number of amides is 1. The highest BCUT2D eigenvalue weighted by Crippen LogP contribution is 2.34. The highest BCUT2D eigenvalue weighted by molar-refractivity contribution is 8.26. The summed E-state index contributed by atoms with van der Waals surface area (Å²) in [5, 5.41) is 0. The van der Waals surface area contributed by atoms with Gasteiger partial charge < -0.3 is 9.80 Å². The van der Waals surface area contributed by atoms with E-state index >= 15 is 0 Å². The van der Waals surface area contributed by atoms with Crippen LogP contribution in [0.5, 0.6) is 0 Å². The smallest absolute Gasteiger partial charge is 0.267 e. The summed E-state index contributed by atoms with van der Waals surface area (Å²) < 4.78 is 2.05. The number of carbonyl (C=O) groups excluding carboxylic acids is 1. The largest absolute Gasteiger partial charge is 0.353 e. The second-order valence-corrected chi connectivity index (χ2v) is 10.3. The molecule has 5 rings (SSSR count). The molecule has 1 amide bonds. The van der Waals surface area contributed by atoms with Crippen LogP contribution < -0.4 is 10.5 Å². The summed E-state index contributed by atoms with van der Waals surface area (Å²) in [6, 6.07) is 13.5. The Balaban J connectivity index is 1.58. The van der Waals surface area contributed by atoms with Gasteiger partial charge in [0.15, 0.2) is 0 Å². The number of thiocarbonyl (C=S) groups is 1. The van der Waals surface area contributed by atoms with Crippen LogP contribution in [0.3, 0.4) is 0 Å². The van der Waals surface area contributed by atoms with E-state index in [1.165, 1.54) is 11.8 Å². The molecule has 2 saturated heterocycles. The Morgan fingerprint density at radius 3 is 2.53 bits per heavy atom. The van der Waals surface area contributed by atoms with Crippen LogP contribution in [0, 0.1) is 6.92 Å². The van der Waals surface area contributed by atoms with Gasteiger partial charge in [-0.3, -0.25) is 18.9 Å². The number of benzene rings is 1. The van der Waals surface area contributed by atoms with Crippen LogP contribution >= 0.6 is 24.0 Å². The molecule has 0 aliphatic carbocycles. The Morgan fingerprint density at radius 2 is 1.79 bits per heavy atom. The summed E-state index contributed by atoms with van der Waals surface area (Å²) in [6.07, 6.45) is 3.41. The molecule has 0 bridgehead atoms. The minimum absolute atomic E-state index is 0.183. The zero-order valence-corrected chi connectivity index (χ0v) is 20.7. The van der Waals surface area contributed by atoms with Gasteiger partial charge in [-0.2, -0.15) is 0 Å². The number of aryl methyl sites for hydroxylation is 1. The number of hydrogen-bond donors (Lipinski definition) is 0. The quantitative estimate of drug-likeness (QED) is 0.410. The summed E-state index contributed by atoms with van der Waals surface area (Å²) in [7, 11) is 2.09. The van der Waals surface area contributed by atoms with Crippen molar-refractivity contribution >= 4 is 51.7 Å². The van der Waals surface area contributed by atoms with Gasteiger partial charge in [0.05, 0.1) is 17.0 Å². The molecule has 7 nitrogen and oxygen atoms in total. The van der Waals surface area contributed by atoms with Crippen molar-refractivity contribution in [3.63, 3.8) is 0 Å². The maximum atomic E-state index is 13.6. The molecular formula is C25H25N5O2S2. The lowest BCUT2D eigenvalue weighted by Crippen LogP contribution is -2.45. The molecule has 2 aliphatic heterocycles. The van der Waals surface area contributed by atoms with Gasteiger partial charge in [0.25, 0.3) is 11.5 Å². The van der Waals surface area contributed by atoms with Crippen LogP contribution in [0.25, 0.3) is 11.7 Å². The van der Waals surface area contributed by atoms with Gasteiger partial charge in [-0.1, -0.05) is 60.4 Å². The third-order valence-corrected chi connectivity index (χ3v) is 7.58. The molecule has 34 heavy (non-hydrogen) atoms. The van der Waals surface area contributed by atoms with Crippen molar-refractivity contribution in [3.05, 3.63) is 80.6 Å². The fourth-order valence-corrected chi connectivity index (χ4v) is 5.46. The van der Waals surface area contributed by atoms with Crippen molar-refractivity contribution in [3.8, 4) is 0 Å². The number of anilines is 1. The Kier molecular flexibility index (Phi) is 6.24. The first-order valence-electron chi connectivity index (χ1n) is 11.2. The van der Waals surface area contributed by atoms with Gasteiger partial charge in [-0.15, -0.1) is 0 Å². The summed E-state index contributed by atoms with van der Waals surface area (Å²) in [5.74, 6) is 0.442. The topological polar surface area (TPSA) is 61.2 Å². The molecule has 0 N–H and O–H groups in total. The van der Waals surface area contributed by atoms with E-state index in [4.69, 9.17) is 17.2 Å². The fourth-order valence-electron chi connectivity index (χ4n) is 4.22. The van der Waals surface area contributed by atoms with E-state index in [1.54, 1.807) is 21.6 Å². The summed E-state index contributed by atoms with van der Waals surface area (Å²) in [4.78, 5) is 38.3. The van der Waals surface area contributed by atoms with E-state index in [-0.39, 0.29) is 11.5 Å². The Bertz CT molecular complexity index is 1360. The van der Waals surface area contributed by atoms with Crippen molar-refractivity contribution in [1.82, 2.24) is 19.2 Å². The number of thioether (sulfide) groups is 1. The van der Waals surface area contributed by atoms with Crippen LogP contribution in [0.1, 0.15) is 16.7 Å². The van der Waals surface area contributed by atoms with Crippen molar-refractivity contribution in [2.24, 2.45) is 0 Å². The van der Waals surface area contributed by atoms with Crippen LogP contribution in [0.2, 0.25) is 0 Å². The molecular weight excluding hydrogens is 466 g/mol. The van der Waals surface area contributed by atoms with Crippen LogP contribution in [0.4, 0.5) is 5.82 Å². The van der Waals surface area contributed by atoms with E-state index < -0.39 is 0 Å². The zero-order chi connectivity index (χ0) is 23.8. The first-order chi connectivity index (χ1) is 16.4. The number of fused-ring (bicyclic) bond motifs is 1. The Labute approximate surface area is 207 Å². The Hall–Kier alpha value is -3.01. The van der Waals surface area contributed by atoms with Crippen molar-refractivity contribution in [1.29, 1.82) is 0 Å². The monoisotopic (exact) mass is 491 g/mol. The molecule has 3 aromatic rings. The van der Waals surface area contributed by atoms with Gasteiger partial charge in [0.2, 0.25) is 0 Å². The van der Waals surface area contributed by atoms with E-state index in [2.05, 4.69) is 16.8 Å². The van der Waals surface area contributed by atoms with E-state index in [0.29, 0.717) is 32.8 Å². The number of pyridine rings is 1. The number of aromatic nitrogens is 2. The lowest BCUT2D eigenvalue weighted by molar-refractivity contribution is -0.122. The van der Waals surface area contributed by atoms with Crippen molar-refractivity contribution in [2.45, 2.75) is 13.5 Å². The first kappa shape index (κ1) is 22.8. The zero-order valence-electron chi connectivity index (χ0n) is 19.1. The van der Waals surface area contributed by atoms with E-state index in [9.17, 15) is 9.59 Å². The van der Waals surface area contributed by atoms with E-state index in [0.717, 1.165) is 37.3 Å². The minimum Gasteiger partial charge on any atom is -0.353 e. The maximum absolute atomic E-state index is 13.6. The summed E-state index contributed by atoms with van der Waals surface area (Å²) in [6.45, 7) is 5.65. The van der Waals surface area contributed by atoms with Crippen LogP contribution in [-0.4, -0.2) is 62.6 Å². The molecule has 2 aliphatic rings. The molecule has 0 spiro atoms. The molecule has 0 saturated carbocycles. The Morgan fingerprint density at radius 1 is 1.06 bits per heavy atom. The predicted octanol–water partition coefficient (Wildman–Crippen LogP) is 3.16. The average molecular weight is 492 g/mol. The SMILES string of the molecule is Cc1cccn2c(=O)c(C=C3SC(=S)N(Cc4ccccc4)C3=O)c(N3CCN(C)CC3)nc12. The molecule has 0 unspecified atom stereocenters. The highest BCUT2D eigenvalue weighted by atomic mass is 32.2. The first-order valence-corrected chi connectivity index (χ1v) is 12.4. The van der Waals surface area contributed by atoms with Gasteiger partial charge in [0.1, 0.15) is 15.8 Å². The van der Waals surface area contributed by atoms with Crippen LogP contribution in [0.15, 0.2) is 58.4 Å². The third kappa shape index (κ3) is 4.26. The van der Waals surface area contributed by atoms with Gasteiger partial charge in [-0.05, 0) is 37.2 Å². The molecule has 9 heteroatoms. The average Bonchev–Trinajstić information content (AvgIpc) is 3.10. The van der Waals surface area contributed by atoms with Gasteiger partial charge >= 0.3 is 0 Å². The maximum Gasteiger partial charge on any atom is 0.267 e. The lowest BCUT2D eigenvalue weighted by atomic mass is 10.2. The standard InChI is InChI=1S/C25H25N5O2S2/c1-17-7-6-10-29-21(17)26-22(28-13-11-27(2)12-14-28)19(23(29)31)15-20-24(32)30(25(33)34-20)16-18-8-4-3-5-9-18/h3-10,15H,11-14,16H2,1-2H3. The van der Waals surface area contributed by atoms with Crippen molar-refractivity contribution < 1.29 is 4.79 Å². The number of piperazine rings is 1. The molecule has 0 radical (unpaired) electrons. The van der Waals surface area contributed by atoms with Crippen molar-refractivity contribution in [2.75, 3.05) is 38.1 Å². The van der Waals surface area contributed by atoms with E-state index in [1.807, 2.05) is 49.4 Å². The number of rotatable bonds is 4. The second kappa shape index (κ2) is 9.32. The number of hydrogen-bond acceptors (Lipinski definition) is 7. The number of nitrogens with zero attached hydrogens (tertiary/aromatic N) is 5. The molecule has 2 fully saturated rings. The highest BCUT2D eigenvalue weighted by Gasteiger charge is 2.33. The predicted molar refractivity (Wildman–Crippen MR) is 141 cm³/mol. The van der Waals surface area contributed by atoms with Gasteiger partial charge in [-0.25, -0.2) is 4.98 Å². The minimum atomic E-state index is -0.184. The number of likely N-dealkylation sites (N-methyl/N-ethyl adjacent to an activating group) is 1.